The van der Waals surface area contributed by atoms with Crippen LogP contribution in [0.25, 0.3) is 5.69 Å². The molecule has 1 amide bonds. The molecule has 1 aromatic carbocycles. The van der Waals surface area contributed by atoms with Gasteiger partial charge in [0, 0.05) is 5.41 Å². The minimum absolute atomic E-state index is 0.00568. The van der Waals surface area contributed by atoms with Crippen LogP contribution in [0.2, 0.25) is 0 Å². The fraction of sp³-hybridized carbons (Fsp3) is 0.438. The molecule has 0 saturated carbocycles. The Bertz CT molecular complexity index is 690. The molecule has 0 saturated heterocycles. The van der Waals surface area contributed by atoms with Crippen molar-refractivity contribution in [1.82, 2.24) is 25.5 Å². The number of amides is 1. The molecule has 0 radical (unpaired) electrons. The number of carbonyl (C=O) groups is 2. The Kier molecular flexibility index (Phi) is 5.28. The highest BCUT2D eigenvalue weighted by Crippen LogP contribution is 2.16. The summed E-state index contributed by atoms with van der Waals surface area (Å²) in [7, 11) is 0. The van der Waals surface area contributed by atoms with Crippen LogP contribution in [0.4, 0.5) is 0 Å². The summed E-state index contributed by atoms with van der Waals surface area (Å²) >= 11 is 0. The highest BCUT2D eigenvalue weighted by atomic mass is 16.5. The Labute approximate surface area is 140 Å². The number of hydrogen-bond acceptors (Lipinski definition) is 6. The van der Waals surface area contributed by atoms with E-state index in [0.717, 1.165) is 5.69 Å². The first-order valence-electron chi connectivity index (χ1n) is 7.58. The summed E-state index contributed by atoms with van der Waals surface area (Å²) in [6.07, 6.45) is 0.773. The summed E-state index contributed by atoms with van der Waals surface area (Å²) in [6.45, 7) is 7.06. The molecule has 128 valence electrons. The number of ether oxygens (including phenoxy) is 1. The summed E-state index contributed by atoms with van der Waals surface area (Å²) in [6, 6.07) is 7.00. The molecule has 0 fully saturated rings. The summed E-state index contributed by atoms with van der Waals surface area (Å²) < 4.78 is 7.09. The van der Waals surface area contributed by atoms with Crippen LogP contribution >= 0.6 is 0 Å². The second-order valence-electron chi connectivity index (χ2n) is 6.40. The van der Waals surface area contributed by atoms with Gasteiger partial charge in [0.15, 0.2) is 11.9 Å². The monoisotopic (exact) mass is 331 g/mol. The molecule has 1 unspecified atom stereocenters. The molecule has 0 aliphatic rings. The van der Waals surface area contributed by atoms with Crippen LogP contribution < -0.4 is 10.1 Å². The normalized spacial score (nSPS) is 12.5. The van der Waals surface area contributed by atoms with Crippen LogP contribution in [-0.4, -0.2) is 44.5 Å². The number of ketones is 1. The van der Waals surface area contributed by atoms with E-state index in [2.05, 4.69) is 20.8 Å². The van der Waals surface area contributed by atoms with Crippen LogP contribution in [0.5, 0.6) is 5.75 Å². The lowest BCUT2D eigenvalue weighted by Crippen LogP contribution is -2.41. The Hall–Kier alpha value is -2.77. The Morgan fingerprint density at radius 2 is 1.92 bits per heavy atom. The summed E-state index contributed by atoms with van der Waals surface area (Å²) in [4.78, 5) is 23.8. The Morgan fingerprint density at radius 1 is 1.25 bits per heavy atom. The van der Waals surface area contributed by atoms with Gasteiger partial charge in [-0.05, 0) is 41.6 Å². The minimum atomic E-state index is -0.711. The number of nitrogens with one attached hydrogen (secondary N) is 1. The van der Waals surface area contributed by atoms with Crippen molar-refractivity contribution in [2.45, 2.75) is 33.8 Å². The van der Waals surface area contributed by atoms with Crippen LogP contribution in [0, 0.1) is 5.41 Å². The third-order valence-electron chi connectivity index (χ3n) is 3.39. The van der Waals surface area contributed by atoms with Gasteiger partial charge in [0.25, 0.3) is 5.91 Å². The quantitative estimate of drug-likeness (QED) is 0.853. The van der Waals surface area contributed by atoms with Crippen molar-refractivity contribution >= 4 is 11.7 Å². The van der Waals surface area contributed by atoms with Gasteiger partial charge in [0.1, 0.15) is 12.1 Å². The van der Waals surface area contributed by atoms with E-state index < -0.39 is 11.5 Å². The van der Waals surface area contributed by atoms with Gasteiger partial charge in [-0.1, -0.05) is 20.8 Å². The fourth-order valence-electron chi connectivity index (χ4n) is 1.79. The van der Waals surface area contributed by atoms with Gasteiger partial charge in [0.05, 0.1) is 12.2 Å². The molecule has 8 heteroatoms. The van der Waals surface area contributed by atoms with Gasteiger partial charge in [-0.15, -0.1) is 5.10 Å². The standard InChI is InChI=1S/C16H21N5O3/c1-11(15(23)17-9-14(22)16(2,3)4)24-13-7-5-12(6-8-13)21-10-18-19-20-21/h5-8,10-11H,9H2,1-4H3,(H,17,23). The van der Waals surface area contributed by atoms with E-state index in [-0.39, 0.29) is 18.2 Å². The second-order valence-corrected chi connectivity index (χ2v) is 6.40. The molecule has 0 spiro atoms. The third-order valence-corrected chi connectivity index (χ3v) is 3.39. The highest BCUT2D eigenvalue weighted by molar-refractivity contribution is 5.90. The van der Waals surface area contributed by atoms with Crippen molar-refractivity contribution in [2.75, 3.05) is 6.54 Å². The zero-order valence-corrected chi connectivity index (χ0v) is 14.2. The van der Waals surface area contributed by atoms with Gasteiger partial charge in [-0.25, -0.2) is 4.68 Å². The van der Waals surface area contributed by atoms with E-state index in [4.69, 9.17) is 4.74 Å². The maximum absolute atomic E-state index is 12.0. The lowest BCUT2D eigenvalue weighted by molar-refractivity contribution is -0.131. The van der Waals surface area contributed by atoms with Crippen molar-refractivity contribution < 1.29 is 14.3 Å². The predicted octanol–water partition coefficient (Wildman–Crippen LogP) is 1.16. The SMILES string of the molecule is CC(Oc1ccc(-n2cnnn2)cc1)C(=O)NCC(=O)C(C)(C)C. The maximum atomic E-state index is 12.0. The zero-order chi connectivity index (χ0) is 17.7. The highest BCUT2D eigenvalue weighted by Gasteiger charge is 2.23. The van der Waals surface area contributed by atoms with E-state index in [9.17, 15) is 9.59 Å². The molecule has 1 N–H and O–H groups in total. The van der Waals surface area contributed by atoms with E-state index in [1.54, 1.807) is 31.2 Å². The molecule has 2 rings (SSSR count). The van der Waals surface area contributed by atoms with Crippen LogP contribution in [0.15, 0.2) is 30.6 Å². The third kappa shape index (κ3) is 4.61. The van der Waals surface area contributed by atoms with E-state index in [0.29, 0.717) is 5.75 Å². The molecular formula is C16H21N5O3. The number of benzene rings is 1. The minimum Gasteiger partial charge on any atom is -0.481 e. The Balaban J connectivity index is 1.88. The molecule has 1 aromatic heterocycles. The molecule has 0 aliphatic carbocycles. The predicted molar refractivity (Wildman–Crippen MR) is 86.7 cm³/mol. The van der Waals surface area contributed by atoms with Crippen molar-refractivity contribution in [3.05, 3.63) is 30.6 Å². The van der Waals surface area contributed by atoms with E-state index in [1.807, 2.05) is 20.8 Å². The van der Waals surface area contributed by atoms with Gasteiger partial charge >= 0.3 is 0 Å². The second kappa shape index (κ2) is 7.20. The van der Waals surface area contributed by atoms with Crippen LogP contribution in [0.3, 0.4) is 0 Å². The molecule has 24 heavy (non-hydrogen) atoms. The molecule has 2 aromatic rings. The average Bonchev–Trinajstić information content (AvgIpc) is 3.06. The van der Waals surface area contributed by atoms with Crippen LogP contribution in [0.1, 0.15) is 27.7 Å². The summed E-state index contributed by atoms with van der Waals surface area (Å²) in [5.74, 6) is 0.169. The number of tetrazole rings is 1. The smallest absolute Gasteiger partial charge is 0.261 e. The van der Waals surface area contributed by atoms with Gasteiger partial charge in [0.2, 0.25) is 0 Å². The van der Waals surface area contributed by atoms with Crippen molar-refractivity contribution in [2.24, 2.45) is 5.41 Å². The number of hydrogen-bond donors (Lipinski definition) is 1. The first kappa shape index (κ1) is 17.6. The number of nitrogens with zero attached hydrogens (tertiary/aromatic N) is 4. The average molecular weight is 331 g/mol. The van der Waals surface area contributed by atoms with Crippen molar-refractivity contribution in [3.8, 4) is 11.4 Å². The molecule has 1 heterocycles. The number of Topliss-reactive ketones (excluding diaryl/α,β-unsaturated/α-hetero) is 1. The van der Waals surface area contributed by atoms with E-state index >= 15 is 0 Å². The number of rotatable bonds is 6. The zero-order valence-electron chi connectivity index (χ0n) is 14.2. The maximum Gasteiger partial charge on any atom is 0.261 e. The van der Waals surface area contributed by atoms with Gasteiger partial charge < -0.3 is 10.1 Å². The van der Waals surface area contributed by atoms with Crippen molar-refractivity contribution in [3.63, 3.8) is 0 Å². The number of carbonyl (C=O) groups excluding carboxylic acids is 2. The lowest BCUT2D eigenvalue weighted by atomic mass is 9.91. The molecule has 0 bridgehead atoms. The first-order chi connectivity index (χ1) is 11.3. The molecule has 0 aliphatic heterocycles. The number of aromatic nitrogens is 4. The Morgan fingerprint density at radius 3 is 2.46 bits per heavy atom. The van der Waals surface area contributed by atoms with E-state index in [1.165, 1.54) is 11.0 Å². The lowest BCUT2D eigenvalue weighted by Gasteiger charge is -2.18. The first-order valence-corrected chi connectivity index (χ1v) is 7.58. The molecule has 8 nitrogen and oxygen atoms in total. The topological polar surface area (TPSA) is 99.0 Å². The van der Waals surface area contributed by atoms with Gasteiger partial charge in [-0.3, -0.25) is 9.59 Å². The van der Waals surface area contributed by atoms with Gasteiger partial charge in [-0.2, -0.15) is 0 Å². The summed E-state index contributed by atoms with van der Waals surface area (Å²) in [5, 5.41) is 13.5. The van der Waals surface area contributed by atoms with Crippen molar-refractivity contribution in [1.29, 1.82) is 0 Å². The largest absolute Gasteiger partial charge is 0.481 e. The fourth-order valence-corrected chi connectivity index (χ4v) is 1.79. The molecule has 1 atom stereocenters. The summed E-state index contributed by atoms with van der Waals surface area (Å²) in [5.41, 5.74) is 0.295. The van der Waals surface area contributed by atoms with Crippen LogP contribution in [-0.2, 0) is 9.59 Å². The molecular weight excluding hydrogens is 310 g/mol.